The lowest BCUT2D eigenvalue weighted by Crippen LogP contribution is -2.24. The van der Waals surface area contributed by atoms with Crippen LogP contribution in [0.2, 0.25) is 0 Å². The minimum Gasteiger partial charge on any atom is -0.377 e. The number of nitrogens with one attached hydrogen (secondary N) is 1. The maximum atomic E-state index is 10.8. The van der Waals surface area contributed by atoms with E-state index in [2.05, 4.69) is 11.9 Å². The first-order valence-corrected chi connectivity index (χ1v) is 3.99. The van der Waals surface area contributed by atoms with E-state index in [9.17, 15) is 4.79 Å². The number of carbonyl (C=O) groups is 1. The summed E-state index contributed by atoms with van der Waals surface area (Å²) in [7, 11) is 0. The van der Waals surface area contributed by atoms with Gasteiger partial charge in [0.2, 0.25) is 5.91 Å². The molecule has 3 heteroatoms. The Labute approximate surface area is 72.1 Å². The lowest BCUT2D eigenvalue weighted by atomic mass is 10.1. The molecule has 0 saturated heterocycles. The second-order valence-electron chi connectivity index (χ2n) is 2.61. The van der Waals surface area contributed by atoms with Crippen molar-refractivity contribution in [2.45, 2.75) is 6.42 Å². The number of ether oxygens (including phenoxy) is 1. The molecule has 0 bridgehead atoms. The molecule has 0 aliphatic carbocycles. The zero-order valence-corrected chi connectivity index (χ0v) is 7.01. The molecule has 1 heterocycles. The molecule has 0 radical (unpaired) electrons. The molecule has 0 unspecified atom stereocenters. The highest BCUT2D eigenvalue weighted by atomic mass is 16.5. The van der Waals surface area contributed by atoms with Gasteiger partial charge >= 0.3 is 0 Å². The van der Waals surface area contributed by atoms with Crippen LogP contribution in [-0.4, -0.2) is 25.7 Å². The fourth-order valence-corrected chi connectivity index (χ4v) is 0.999. The molecule has 3 nitrogen and oxygen atoms in total. The highest BCUT2D eigenvalue weighted by molar-refractivity contribution is 5.86. The fourth-order valence-electron chi connectivity index (χ4n) is 0.999. The maximum Gasteiger partial charge on any atom is 0.243 e. The first kappa shape index (κ1) is 9.00. The molecule has 1 aliphatic heterocycles. The summed E-state index contributed by atoms with van der Waals surface area (Å²) in [4.78, 5) is 10.8. The van der Waals surface area contributed by atoms with Gasteiger partial charge in [0.05, 0.1) is 13.2 Å². The number of rotatable bonds is 3. The first-order valence-electron chi connectivity index (χ1n) is 3.99. The molecule has 0 aromatic carbocycles. The Morgan fingerprint density at radius 1 is 1.83 bits per heavy atom. The predicted molar refractivity (Wildman–Crippen MR) is 46.7 cm³/mol. The largest absolute Gasteiger partial charge is 0.377 e. The van der Waals surface area contributed by atoms with E-state index in [1.807, 2.05) is 6.08 Å². The molecule has 0 aromatic heterocycles. The first-order chi connectivity index (χ1) is 5.83. The summed E-state index contributed by atoms with van der Waals surface area (Å²) >= 11 is 0. The van der Waals surface area contributed by atoms with E-state index in [1.54, 1.807) is 0 Å². The quantitative estimate of drug-likeness (QED) is 0.494. The van der Waals surface area contributed by atoms with Gasteiger partial charge in [0, 0.05) is 6.54 Å². The van der Waals surface area contributed by atoms with E-state index < -0.39 is 0 Å². The van der Waals surface area contributed by atoms with Crippen LogP contribution in [0.5, 0.6) is 0 Å². The third-order valence-electron chi connectivity index (χ3n) is 1.73. The smallest absolute Gasteiger partial charge is 0.243 e. The van der Waals surface area contributed by atoms with Crippen LogP contribution in [0.3, 0.4) is 0 Å². The Morgan fingerprint density at radius 3 is 3.25 bits per heavy atom. The Kier molecular flexibility index (Phi) is 3.54. The van der Waals surface area contributed by atoms with Crippen molar-refractivity contribution in [3.63, 3.8) is 0 Å². The van der Waals surface area contributed by atoms with Crippen molar-refractivity contribution in [2.75, 3.05) is 19.8 Å². The zero-order chi connectivity index (χ0) is 8.81. The van der Waals surface area contributed by atoms with Gasteiger partial charge in [-0.25, -0.2) is 0 Å². The van der Waals surface area contributed by atoms with Crippen LogP contribution in [0.1, 0.15) is 6.42 Å². The fraction of sp³-hybridized carbons (Fsp3) is 0.444. The molecule has 0 saturated carbocycles. The van der Waals surface area contributed by atoms with Crippen LogP contribution in [0.25, 0.3) is 0 Å². The van der Waals surface area contributed by atoms with E-state index >= 15 is 0 Å². The molecular formula is C9H13NO2. The van der Waals surface area contributed by atoms with Gasteiger partial charge in [0.1, 0.15) is 0 Å². The minimum atomic E-state index is -0.123. The third-order valence-corrected chi connectivity index (χ3v) is 1.73. The monoisotopic (exact) mass is 167 g/mol. The van der Waals surface area contributed by atoms with Crippen molar-refractivity contribution in [2.24, 2.45) is 0 Å². The van der Waals surface area contributed by atoms with Gasteiger partial charge in [-0.2, -0.15) is 0 Å². The molecule has 1 amide bonds. The Bertz CT molecular complexity index is 209. The second kappa shape index (κ2) is 4.72. The van der Waals surface area contributed by atoms with Gasteiger partial charge in [0.15, 0.2) is 0 Å². The molecule has 0 spiro atoms. The van der Waals surface area contributed by atoms with Crippen molar-refractivity contribution in [3.8, 4) is 0 Å². The summed E-state index contributed by atoms with van der Waals surface area (Å²) < 4.78 is 5.12. The molecule has 1 aliphatic rings. The van der Waals surface area contributed by atoms with Gasteiger partial charge in [-0.1, -0.05) is 18.2 Å². The third kappa shape index (κ3) is 2.88. The summed E-state index contributed by atoms with van der Waals surface area (Å²) in [6.45, 7) is 5.41. The van der Waals surface area contributed by atoms with E-state index in [0.29, 0.717) is 13.2 Å². The van der Waals surface area contributed by atoms with Crippen molar-refractivity contribution in [3.05, 3.63) is 24.3 Å². The highest BCUT2D eigenvalue weighted by Gasteiger charge is 2.03. The van der Waals surface area contributed by atoms with Crippen LogP contribution in [0, 0.1) is 0 Å². The van der Waals surface area contributed by atoms with Gasteiger partial charge in [0.25, 0.3) is 0 Å². The predicted octanol–water partition coefficient (Wildman–Crippen LogP) is 0.635. The molecule has 1 rings (SSSR count). The number of carbonyl (C=O) groups excluding carboxylic acids is 1. The second-order valence-corrected chi connectivity index (χ2v) is 2.61. The molecule has 0 fully saturated rings. The lowest BCUT2D eigenvalue weighted by molar-refractivity contribution is -0.116. The average molecular weight is 167 g/mol. The zero-order valence-electron chi connectivity index (χ0n) is 7.01. The van der Waals surface area contributed by atoms with Crippen LogP contribution in [0.15, 0.2) is 24.3 Å². The topological polar surface area (TPSA) is 38.3 Å². The Morgan fingerprint density at radius 2 is 2.67 bits per heavy atom. The van der Waals surface area contributed by atoms with Gasteiger partial charge in [-0.15, -0.1) is 0 Å². The van der Waals surface area contributed by atoms with E-state index in [-0.39, 0.29) is 5.91 Å². The summed E-state index contributed by atoms with van der Waals surface area (Å²) in [5.74, 6) is -0.123. The number of hydrogen-bond acceptors (Lipinski definition) is 2. The molecule has 1 N–H and O–H groups in total. The van der Waals surface area contributed by atoms with Crippen LogP contribution >= 0.6 is 0 Å². The van der Waals surface area contributed by atoms with E-state index in [1.165, 1.54) is 11.6 Å². The normalized spacial score (nSPS) is 16.5. The Hall–Kier alpha value is -1.09. The average Bonchev–Trinajstić information content (AvgIpc) is 2.16. The van der Waals surface area contributed by atoms with Gasteiger partial charge < -0.3 is 10.1 Å². The highest BCUT2D eigenvalue weighted by Crippen LogP contribution is 2.05. The van der Waals surface area contributed by atoms with Crippen molar-refractivity contribution in [1.82, 2.24) is 5.32 Å². The molecule has 12 heavy (non-hydrogen) atoms. The molecule has 66 valence electrons. The SMILES string of the molecule is C=CC(=O)NCC1=CCOCC1. The molecule has 0 aromatic rings. The maximum absolute atomic E-state index is 10.8. The summed E-state index contributed by atoms with van der Waals surface area (Å²) in [6.07, 6.45) is 4.20. The number of hydrogen-bond donors (Lipinski definition) is 1. The lowest BCUT2D eigenvalue weighted by Gasteiger charge is -2.13. The van der Waals surface area contributed by atoms with E-state index in [0.717, 1.165) is 13.0 Å². The molecule has 0 atom stereocenters. The van der Waals surface area contributed by atoms with Crippen molar-refractivity contribution >= 4 is 5.91 Å². The standard InChI is InChI=1S/C9H13NO2/c1-2-9(11)10-7-8-3-5-12-6-4-8/h2-3H,1,4-7H2,(H,10,11). The summed E-state index contributed by atoms with van der Waals surface area (Å²) in [6, 6.07) is 0. The van der Waals surface area contributed by atoms with Crippen LogP contribution < -0.4 is 5.32 Å². The van der Waals surface area contributed by atoms with E-state index in [4.69, 9.17) is 4.74 Å². The minimum absolute atomic E-state index is 0.123. The van der Waals surface area contributed by atoms with Crippen LogP contribution in [-0.2, 0) is 9.53 Å². The van der Waals surface area contributed by atoms with Gasteiger partial charge in [-0.05, 0) is 12.5 Å². The molecular weight excluding hydrogens is 154 g/mol. The Balaban J connectivity index is 2.26. The van der Waals surface area contributed by atoms with Crippen LogP contribution in [0.4, 0.5) is 0 Å². The number of amides is 1. The van der Waals surface area contributed by atoms with Gasteiger partial charge in [-0.3, -0.25) is 4.79 Å². The summed E-state index contributed by atoms with van der Waals surface area (Å²) in [5, 5.41) is 2.72. The van der Waals surface area contributed by atoms with Crippen molar-refractivity contribution < 1.29 is 9.53 Å². The summed E-state index contributed by atoms with van der Waals surface area (Å²) in [5.41, 5.74) is 1.23. The van der Waals surface area contributed by atoms with Crippen molar-refractivity contribution in [1.29, 1.82) is 0 Å².